The van der Waals surface area contributed by atoms with E-state index in [9.17, 15) is 47.7 Å². The Bertz CT molecular complexity index is 890. The average molecular weight is 421 g/mol. The molecule has 0 amide bonds. The maximum atomic E-state index is 13.1. The zero-order valence-corrected chi connectivity index (χ0v) is 14.0. The predicted molar refractivity (Wildman–Crippen MR) is 87.0 cm³/mol. The number of nitrogens with one attached hydrogen (secondary N) is 1. The lowest BCUT2D eigenvalue weighted by Crippen LogP contribution is -2.59. The van der Waals surface area contributed by atoms with E-state index in [1.54, 1.807) is 0 Å². The van der Waals surface area contributed by atoms with E-state index in [-0.39, 0.29) is 5.69 Å². The Morgan fingerprint density at radius 1 is 1.31 bits per heavy atom. The van der Waals surface area contributed by atoms with E-state index in [0.717, 1.165) is 30.4 Å². The first kappa shape index (κ1) is 21.6. The van der Waals surface area contributed by atoms with Gasteiger partial charge in [-0.3, -0.25) is 20.2 Å². The summed E-state index contributed by atoms with van der Waals surface area (Å²) in [6.45, 7) is 0. The summed E-state index contributed by atoms with van der Waals surface area (Å²) in [6, 6.07) is 1.63. The lowest BCUT2D eigenvalue weighted by molar-refractivity contribution is -0.549. The minimum Gasteiger partial charge on any atom is -0.476 e. The number of alkyl halides is 4. The van der Waals surface area contributed by atoms with Crippen LogP contribution in [-0.4, -0.2) is 45.0 Å². The smallest absolute Gasteiger partial charge is 0.461 e. The van der Waals surface area contributed by atoms with Crippen molar-refractivity contribution in [3.8, 4) is 5.75 Å². The van der Waals surface area contributed by atoms with Gasteiger partial charge in [-0.05, 0) is 12.1 Å². The first-order valence-electron chi connectivity index (χ1n) is 7.55. The summed E-state index contributed by atoms with van der Waals surface area (Å²) in [7, 11) is 0. The van der Waals surface area contributed by atoms with Crippen LogP contribution in [-0.2, 0) is 4.79 Å². The third-order valence-corrected chi connectivity index (χ3v) is 3.86. The monoisotopic (exact) mass is 421 g/mol. The Morgan fingerprint density at radius 3 is 2.48 bits per heavy atom. The van der Waals surface area contributed by atoms with Crippen LogP contribution in [0.15, 0.2) is 48.2 Å². The van der Waals surface area contributed by atoms with Crippen molar-refractivity contribution in [3.05, 3.63) is 68.4 Å². The zero-order valence-electron chi connectivity index (χ0n) is 14.0. The second-order valence-corrected chi connectivity index (χ2v) is 5.67. The molecule has 0 aliphatic heterocycles. The van der Waals surface area contributed by atoms with Crippen molar-refractivity contribution in [1.82, 2.24) is 0 Å². The molecule has 0 saturated carbocycles. The molecule has 1 aromatic carbocycles. The number of carboxylic acids is 1. The van der Waals surface area contributed by atoms with Gasteiger partial charge >= 0.3 is 24.0 Å². The summed E-state index contributed by atoms with van der Waals surface area (Å²) >= 11 is 0. The fourth-order valence-electron chi connectivity index (χ4n) is 2.52. The molecular weight excluding hydrogens is 410 g/mol. The van der Waals surface area contributed by atoms with Crippen LogP contribution in [0.3, 0.4) is 0 Å². The molecule has 0 heterocycles. The number of carboxylic acid groups (broad SMARTS) is 1. The lowest BCUT2D eigenvalue weighted by Gasteiger charge is -2.28. The molecule has 0 aromatic heterocycles. The van der Waals surface area contributed by atoms with E-state index in [1.165, 1.54) is 0 Å². The summed E-state index contributed by atoms with van der Waals surface area (Å²) in [4.78, 5) is 32.1. The number of halogens is 4. The maximum Gasteiger partial charge on any atom is 0.461 e. The van der Waals surface area contributed by atoms with Crippen LogP contribution in [0.2, 0.25) is 0 Å². The van der Waals surface area contributed by atoms with Crippen LogP contribution in [0, 0.1) is 20.2 Å². The SMILES string of the molecule is O=C(O)C1([N+](=O)[O-])C=CC=C([N+](=O)[O-])C1Nc1cccc(OC(F)(F)C(F)F)c1. The minimum absolute atomic E-state index is 0.326. The van der Waals surface area contributed by atoms with Gasteiger partial charge in [0.1, 0.15) is 5.75 Å². The largest absolute Gasteiger partial charge is 0.476 e. The highest BCUT2D eigenvalue weighted by atomic mass is 19.3. The molecule has 2 unspecified atom stereocenters. The summed E-state index contributed by atoms with van der Waals surface area (Å²) in [5.74, 6) is -2.82. The van der Waals surface area contributed by atoms with Gasteiger partial charge in [-0.2, -0.15) is 17.6 Å². The second kappa shape index (κ2) is 7.73. The fraction of sp³-hybridized carbons (Fsp3) is 0.267. The number of aliphatic carboxylic acids is 1. The molecule has 2 rings (SSSR count). The molecule has 0 saturated heterocycles. The number of hydrogen-bond acceptors (Lipinski definition) is 7. The first-order valence-corrected chi connectivity index (χ1v) is 7.55. The highest BCUT2D eigenvalue weighted by molar-refractivity contribution is 5.83. The Kier molecular flexibility index (Phi) is 5.75. The summed E-state index contributed by atoms with van der Waals surface area (Å²) in [5, 5.41) is 34.4. The van der Waals surface area contributed by atoms with Crippen LogP contribution in [0.5, 0.6) is 5.75 Å². The summed E-state index contributed by atoms with van der Waals surface area (Å²) in [5.41, 5.74) is -4.22. The van der Waals surface area contributed by atoms with Crippen molar-refractivity contribution in [3.63, 3.8) is 0 Å². The molecule has 1 aromatic rings. The van der Waals surface area contributed by atoms with Crippen LogP contribution in [0.25, 0.3) is 0 Å². The second-order valence-electron chi connectivity index (χ2n) is 5.67. The molecule has 14 heteroatoms. The molecule has 2 N–H and O–H groups in total. The maximum absolute atomic E-state index is 13.1. The number of allylic oxidation sites excluding steroid dienone is 2. The van der Waals surface area contributed by atoms with E-state index in [0.29, 0.717) is 12.1 Å². The molecule has 156 valence electrons. The number of ether oxygens (including phenoxy) is 1. The van der Waals surface area contributed by atoms with E-state index in [2.05, 4.69) is 10.1 Å². The topological polar surface area (TPSA) is 145 Å². The Balaban J connectivity index is 2.46. The van der Waals surface area contributed by atoms with Crippen LogP contribution < -0.4 is 10.1 Å². The quantitative estimate of drug-likeness (QED) is 0.370. The number of nitrogens with zero attached hydrogens (tertiary/aromatic N) is 2. The summed E-state index contributed by atoms with van der Waals surface area (Å²) < 4.78 is 54.5. The van der Waals surface area contributed by atoms with Gasteiger partial charge in [0.25, 0.3) is 5.70 Å². The molecule has 1 aliphatic carbocycles. The van der Waals surface area contributed by atoms with Gasteiger partial charge in [0.2, 0.25) is 6.04 Å². The normalized spacial score (nSPS) is 21.4. The lowest BCUT2D eigenvalue weighted by atomic mass is 9.84. The molecule has 0 fully saturated rings. The molecular formula is C15H11F4N3O7. The predicted octanol–water partition coefficient (Wildman–Crippen LogP) is 2.53. The van der Waals surface area contributed by atoms with Crippen molar-refractivity contribution in [2.24, 2.45) is 0 Å². The number of rotatable bonds is 8. The van der Waals surface area contributed by atoms with Gasteiger partial charge in [0, 0.05) is 28.8 Å². The van der Waals surface area contributed by atoms with E-state index in [1.807, 2.05) is 0 Å². The number of carbonyl (C=O) groups is 1. The van der Waals surface area contributed by atoms with Gasteiger partial charge in [0.15, 0.2) is 0 Å². The molecule has 10 nitrogen and oxygen atoms in total. The molecule has 0 radical (unpaired) electrons. The van der Waals surface area contributed by atoms with Crippen molar-refractivity contribution in [2.75, 3.05) is 5.32 Å². The molecule has 2 atom stereocenters. The van der Waals surface area contributed by atoms with Gasteiger partial charge in [-0.25, -0.2) is 4.79 Å². The highest BCUT2D eigenvalue weighted by Crippen LogP contribution is 2.33. The van der Waals surface area contributed by atoms with Crippen molar-refractivity contribution in [1.29, 1.82) is 0 Å². The standard InChI is InChI=1S/C15H11F4N3O7/c16-12(17)15(18,19)29-9-4-1-3-8(7-9)20-11-10(21(25)26)5-2-6-14(11,13(23)24)22(27)28/h1-7,11-12,20H,(H,23,24). The third-order valence-electron chi connectivity index (χ3n) is 3.86. The van der Waals surface area contributed by atoms with Crippen LogP contribution in [0.4, 0.5) is 23.2 Å². The van der Waals surface area contributed by atoms with Gasteiger partial charge in [-0.1, -0.05) is 12.1 Å². The van der Waals surface area contributed by atoms with E-state index >= 15 is 0 Å². The highest BCUT2D eigenvalue weighted by Gasteiger charge is 2.62. The Morgan fingerprint density at radius 2 is 1.97 bits per heavy atom. The average Bonchev–Trinajstić information content (AvgIpc) is 2.61. The van der Waals surface area contributed by atoms with Crippen molar-refractivity contribution >= 4 is 11.7 Å². The number of benzene rings is 1. The number of nitro groups is 2. The van der Waals surface area contributed by atoms with E-state index in [4.69, 9.17) is 0 Å². The van der Waals surface area contributed by atoms with Crippen LogP contribution >= 0.6 is 0 Å². The third kappa shape index (κ3) is 4.09. The molecule has 0 spiro atoms. The minimum atomic E-state index is -4.84. The van der Waals surface area contributed by atoms with Crippen molar-refractivity contribution in [2.45, 2.75) is 24.1 Å². The van der Waals surface area contributed by atoms with Crippen LogP contribution in [0.1, 0.15) is 0 Å². The van der Waals surface area contributed by atoms with Gasteiger partial charge < -0.3 is 15.2 Å². The van der Waals surface area contributed by atoms with Gasteiger partial charge in [0.05, 0.1) is 4.92 Å². The number of hydrogen-bond donors (Lipinski definition) is 2. The van der Waals surface area contributed by atoms with Crippen molar-refractivity contribution < 1.29 is 42.0 Å². The molecule has 0 bridgehead atoms. The number of anilines is 1. The van der Waals surface area contributed by atoms with Gasteiger partial charge in [-0.15, -0.1) is 0 Å². The summed E-state index contributed by atoms with van der Waals surface area (Å²) in [6.07, 6.45) is -6.72. The Hall–Kier alpha value is -3.71. The molecule has 1 aliphatic rings. The Labute approximate surface area is 158 Å². The first-order chi connectivity index (χ1) is 13.4. The zero-order chi connectivity index (χ0) is 22.0. The molecule has 29 heavy (non-hydrogen) atoms. The van der Waals surface area contributed by atoms with E-state index < -0.39 is 51.4 Å². The fourth-order valence-corrected chi connectivity index (χ4v) is 2.52.